The fourth-order valence-electron chi connectivity index (χ4n) is 2.30. The second-order valence-electron chi connectivity index (χ2n) is 7.53. The summed E-state index contributed by atoms with van der Waals surface area (Å²) < 4.78 is 10.00. The lowest BCUT2D eigenvalue weighted by molar-refractivity contribution is -0.154. The number of esters is 1. The fourth-order valence-corrected chi connectivity index (χ4v) is 2.30. The number of hydrogen-bond donors (Lipinski definition) is 1. The first-order chi connectivity index (χ1) is 10.8. The highest BCUT2D eigenvalue weighted by molar-refractivity contribution is 5.89. The maximum Gasteiger partial charge on any atom is 0.408 e. The molecular formula is C17H32N2O5. The molecular weight excluding hydrogens is 312 g/mol. The zero-order chi connectivity index (χ0) is 19.2. The molecule has 0 radical (unpaired) electrons. The molecule has 0 saturated carbocycles. The number of nitrogens with zero attached hydrogens (tertiary/aromatic N) is 1. The number of ether oxygens (including phenoxy) is 2. The quantitative estimate of drug-likeness (QED) is 0.747. The maximum absolute atomic E-state index is 12.8. The lowest BCUT2D eigenvalue weighted by Crippen LogP contribution is -2.56. The largest absolute Gasteiger partial charge is 0.467 e. The molecule has 0 aromatic heterocycles. The van der Waals surface area contributed by atoms with Gasteiger partial charge in [0.1, 0.15) is 17.7 Å². The molecule has 140 valence electrons. The molecule has 0 heterocycles. The van der Waals surface area contributed by atoms with Crippen LogP contribution in [0, 0.1) is 11.8 Å². The van der Waals surface area contributed by atoms with Gasteiger partial charge in [-0.15, -0.1) is 0 Å². The minimum atomic E-state index is -0.796. The van der Waals surface area contributed by atoms with E-state index in [9.17, 15) is 14.4 Å². The molecule has 0 aromatic rings. The first-order valence-corrected chi connectivity index (χ1v) is 8.15. The molecule has 0 saturated heterocycles. The number of amides is 2. The normalized spacial score (nSPS) is 14.1. The van der Waals surface area contributed by atoms with Crippen LogP contribution in [0.4, 0.5) is 4.79 Å². The minimum absolute atomic E-state index is 0.124. The summed E-state index contributed by atoms with van der Waals surface area (Å²) in [5, 5.41) is 2.60. The third kappa shape index (κ3) is 6.76. The Morgan fingerprint density at radius 2 is 1.50 bits per heavy atom. The monoisotopic (exact) mass is 344 g/mol. The topological polar surface area (TPSA) is 84.9 Å². The van der Waals surface area contributed by atoms with E-state index in [2.05, 4.69) is 5.32 Å². The van der Waals surface area contributed by atoms with Gasteiger partial charge in [-0.3, -0.25) is 4.79 Å². The van der Waals surface area contributed by atoms with Crippen LogP contribution in [0.15, 0.2) is 0 Å². The van der Waals surface area contributed by atoms with Gasteiger partial charge in [-0.2, -0.15) is 0 Å². The standard InChI is InChI=1S/C17H32N2O5/c1-10(2)12(18-16(22)24-17(5,6)7)14(20)19(8)13(11(3)4)15(21)23-9/h10-13H,1-9H3,(H,18,22)/t12-,13-/m0/s1. The van der Waals surface area contributed by atoms with E-state index in [1.54, 1.807) is 20.8 Å². The zero-order valence-electron chi connectivity index (χ0n) is 16.3. The molecule has 0 bridgehead atoms. The summed E-state index contributed by atoms with van der Waals surface area (Å²) in [4.78, 5) is 38.1. The summed E-state index contributed by atoms with van der Waals surface area (Å²) in [6.45, 7) is 12.5. The van der Waals surface area contributed by atoms with E-state index in [1.807, 2.05) is 27.7 Å². The molecule has 7 heteroatoms. The summed E-state index contributed by atoms with van der Waals surface area (Å²) in [6, 6.07) is -1.51. The Morgan fingerprint density at radius 3 is 1.83 bits per heavy atom. The van der Waals surface area contributed by atoms with Gasteiger partial charge >= 0.3 is 12.1 Å². The summed E-state index contributed by atoms with van der Waals surface area (Å²) in [5.41, 5.74) is -0.660. The molecule has 0 unspecified atom stereocenters. The molecule has 0 fully saturated rings. The summed E-state index contributed by atoms with van der Waals surface area (Å²) in [5.74, 6) is -1.14. The van der Waals surface area contributed by atoms with E-state index in [0.29, 0.717) is 0 Å². The molecule has 2 atom stereocenters. The van der Waals surface area contributed by atoms with Gasteiger partial charge in [0, 0.05) is 7.05 Å². The zero-order valence-corrected chi connectivity index (χ0v) is 16.3. The molecule has 2 amide bonds. The van der Waals surface area contributed by atoms with Crippen LogP contribution in [0.2, 0.25) is 0 Å². The van der Waals surface area contributed by atoms with Gasteiger partial charge in [0.25, 0.3) is 0 Å². The number of hydrogen-bond acceptors (Lipinski definition) is 5. The van der Waals surface area contributed by atoms with Crippen molar-refractivity contribution in [2.45, 2.75) is 66.2 Å². The second kappa shape index (κ2) is 8.89. The highest BCUT2D eigenvalue weighted by Gasteiger charge is 2.36. The van der Waals surface area contributed by atoms with Crippen molar-refractivity contribution in [3.63, 3.8) is 0 Å². The van der Waals surface area contributed by atoms with Crippen LogP contribution in [0.25, 0.3) is 0 Å². The van der Waals surface area contributed by atoms with Crippen molar-refractivity contribution in [1.29, 1.82) is 0 Å². The minimum Gasteiger partial charge on any atom is -0.467 e. The van der Waals surface area contributed by atoms with Crippen LogP contribution in [-0.4, -0.2) is 54.7 Å². The Balaban J connectivity index is 5.27. The molecule has 0 aliphatic heterocycles. The van der Waals surface area contributed by atoms with Crippen molar-refractivity contribution in [2.75, 3.05) is 14.2 Å². The number of carbonyl (C=O) groups excluding carboxylic acids is 3. The predicted octanol–water partition coefficient (Wildman–Crippen LogP) is 2.19. The van der Waals surface area contributed by atoms with E-state index >= 15 is 0 Å². The van der Waals surface area contributed by atoms with Crippen molar-refractivity contribution >= 4 is 18.0 Å². The predicted molar refractivity (Wildman–Crippen MR) is 91.4 cm³/mol. The molecule has 0 aliphatic carbocycles. The van der Waals surface area contributed by atoms with Gasteiger partial charge in [0.05, 0.1) is 7.11 Å². The third-order valence-electron chi connectivity index (χ3n) is 3.44. The van der Waals surface area contributed by atoms with E-state index < -0.39 is 29.7 Å². The van der Waals surface area contributed by atoms with Crippen molar-refractivity contribution < 1.29 is 23.9 Å². The third-order valence-corrected chi connectivity index (χ3v) is 3.44. The van der Waals surface area contributed by atoms with Gasteiger partial charge in [-0.1, -0.05) is 27.7 Å². The van der Waals surface area contributed by atoms with Crippen molar-refractivity contribution in [1.82, 2.24) is 10.2 Å². The van der Waals surface area contributed by atoms with Crippen LogP contribution >= 0.6 is 0 Å². The Kier molecular flexibility index (Phi) is 8.23. The van der Waals surface area contributed by atoms with Gasteiger partial charge < -0.3 is 19.7 Å². The number of rotatable bonds is 6. The summed E-state index contributed by atoms with van der Waals surface area (Å²) >= 11 is 0. The highest BCUT2D eigenvalue weighted by atomic mass is 16.6. The van der Waals surface area contributed by atoms with E-state index in [-0.39, 0.29) is 17.7 Å². The lowest BCUT2D eigenvalue weighted by Gasteiger charge is -2.33. The number of likely N-dealkylation sites (N-methyl/N-ethyl adjacent to an activating group) is 1. The Morgan fingerprint density at radius 1 is 1.00 bits per heavy atom. The molecule has 0 aliphatic rings. The average Bonchev–Trinajstić information content (AvgIpc) is 2.41. The molecule has 0 aromatic carbocycles. The van der Waals surface area contributed by atoms with Gasteiger partial charge in [0.15, 0.2) is 0 Å². The van der Waals surface area contributed by atoms with Gasteiger partial charge in [0.2, 0.25) is 5.91 Å². The summed E-state index contributed by atoms with van der Waals surface area (Å²) in [6.07, 6.45) is -0.665. The number of carbonyl (C=O) groups is 3. The first-order valence-electron chi connectivity index (χ1n) is 8.15. The Labute approximate surface area is 145 Å². The van der Waals surface area contributed by atoms with Crippen molar-refractivity contribution in [2.24, 2.45) is 11.8 Å². The van der Waals surface area contributed by atoms with Crippen LogP contribution in [0.5, 0.6) is 0 Å². The SMILES string of the molecule is COC(=O)[C@H](C(C)C)N(C)C(=O)[C@@H](NC(=O)OC(C)(C)C)C(C)C. The van der Waals surface area contributed by atoms with Crippen LogP contribution < -0.4 is 5.32 Å². The number of alkyl carbamates (subject to hydrolysis) is 1. The van der Waals surface area contributed by atoms with Gasteiger partial charge in [-0.25, -0.2) is 9.59 Å². The Hall–Kier alpha value is -1.79. The highest BCUT2D eigenvalue weighted by Crippen LogP contribution is 2.16. The lowest BCUT2D eigenvalue weighted by atomic mass is 9.98. The van der Waals surface area contributed by atoms with Gasteiger partial charge in [-0.05, 0) is 32.6 Å². The average molecular weight is 344 g/mol. The van der Waals surface area contributed by atoms with E-state index in [4.69, 9.17) is 9.47 Å². The number of methoxy groups -OCH3 is 1. The molecule has 24 heavy (non-hydrogen) atoms. The van der Waals surface area contributed by atoms with E-state index in [1.165, 1.54) is 19.1 Å². The fraction of sp³-hybridized carbons (Fsp3) is 0.824. The summed E-state index contributed by atoms with van der Waals surface area (Å²) in [7, 11) is 2.82. The molecule has 1 N–H and O–H groups in total. The van der Waals surface area contributed by atoms with E-state index in [0.717, 1.165) is 0 Å². The number of nitrogens with one attached hydrogen (secondary N) is 1. The van der Waals surface area contributed by atoms with Crippen molar-refractivity contribution in [3.8, 4) is 0 Å². The molecule has 0 rings (SSSR count). The van der Waals surface area contributed by atoms with Crippen molar-refractivity contribution in [3.05, 3.63) is 0 Å². The van der Waals surface area contributed by atoms with Crippen LogP contribution in [0.1, 0.15) is 48.5 Å². The molecule has 0 spiro atoms. The Bertz CT molecular complexity index is 454. The van der Waals surface area contributed by atoms with Crippen LogP contribution in [-0.2, 0) is 19.1 Å². The maximum atomic E-state index is 12.8. The smallest absolute Gasteiger partial charge is 0.408 e. The molecule has 7 nitrogen and oxygen atoms in total. The first kappa shape index (κ1) is 22.2. The second-order valence-corrected chi connectivity index (χ2v) is 7.53. The van der Waals surface area contributed by atoms with Crippen LogP contribution in [0.3, 0.4) is 0 Å².